The molecule has 1 amide bonds. The third-order valence-electron chi connectivity index (χ3n) is 4.81. The van der Waals surface area contributed by atoms with Gasteiger partial charge in [0.1, 0.15) is 0 Å². The molecular formula is C19H27NO5. The lowest BCUT2D eigenvalue weighted by atomic mass is 9.93. The lowest BCUT2D eigenvalue weighted by molar-refractivity contribution is -0.141. The minimum atomic E-state index is -0.409. The lowest BCUT2D eigenvalue weighted by Gasteiger charge is -2.36. The van der Waals surface area contributed by atoms with Crippen molar-refractivity contribution in [2.75, 3.05) is 27.9 Å². The van der Waals surface area contributed by atoms with Crippen LogP contribution in [0.25, 0.3) is 0 Å². The first-order valence-electron chi connectivity index (χ1n) is 8.55. The quantitative estimate of drug-likeness (QED) is 0.790. The SMILES string of the molecule is COc1cc([C@H](C)C(=O)N2CCCC[C@H]2C(C)=O)cc(OC)c1OC. The molecule has 0 radical (unpaired) electrons. The van der Waals surface area contributed by atoms with Crippen LogP contribution in [0.1, 0.15) is 44.6 Å². The summed E-state index contributed by atoms with van der Waals surface area (Å²) in [6.45, 7) is 4.02. The van der Waals surface area contributed by atoms with E-state index in [1.165, 1.54) is 0 Å². The van der Waals surface area contributed by atoms with Crippen LogP contribution in [0.2, 0.25) is 0 Å². The molecule has 1 heterocycles. The number of hydrogen-bond acceptors (Lipinski definition) is 5. The summed E-state index contributed by atoms with van der Waals surface area (Å²) in [7, 11) is 4.63. The molecule has 1 fully saturated rings. The molecule has 2 atom stereocenters. The van der Waals surface area contributed by atoms with Gasteiger partial charge in [-0.15, -0.1) is 0 Å². The second-order valence-corrected chi connectivity index (χ2v) is 6.33. The van der Waals surface area contributed by atoms with Crippen LogP contribution in [-0.2, 0) is 9.59 Å². The number of carbonyl (C=O) groups is 2. The van der Waals surface area contributed by atoms with E-state index in [2.05, 4.69) is 0 Å². The molecule has 0 saturated carbocycles. The number of nitrogens with zero attached hydrogens (tertiary/aromatic N) is 1. The van der Waals surface area contributed by atoms with E-state index in [9.17, 15) is 9.59 Å². The Kier molecular flexibility index (Phi) is 6.28. The zero-order valence-electron chi connectivity index (χ0n) is 15.6. The molecule has 1 aromatic rings. The summed E-state index contributed by atoms with van der Waals surface area (Å²) >= 11 is 0. The number of ether oxygens (including phenoxy) is 3. The standard InChI is InChI=1S/C19H27NO5/c1-12(19(22)20-9-7-6-8-15(20)13(2)21)14-10-16(23-3)18(25-5)17(11-14)24-4/h10-12,15H,6-9H2,1-5H3/t12-,15-/m0/s1. The van der Waals surface area contributed by atoms with Crippen molar-refractivity contribution in [1.82, 2.24) is 4.90 Å². The fourth-order valence-corrected chi connectivity index (χ4v) is 3.36. The van der Waals surface area contributed by atoms with E-state index in [1.807, 2.05) is 6.92 Å². The van der Waals surface area contributed by atoms with Crippen LogP contribution in [0.15, 0.2) is 12.1 Å². The fourth-order valence-electron chi connectivity index (χ4n) is 3.36. The van der Waals surface area contributed by atoms with Crippen molar-refractivity contribution >= 4 is 11.7 Å². The Labute approximate surface area is 149 Å². The Bertz CT molecular complexity index is 618. The molecule has 25 heavy (non-hydrogen) atoms. The Hall–Kier alpha value is -2.24. The Balaban J connectivity index is 2.34. The van der Waals surface area contributed by atoms with Crippen LogP contribution >= 0.6 is 0 Å². The van der Waals surface area contributed by atoms with Crippen molar-refractivity contribution < 1.29 is 23.8 Å². The van der Waals surface area contributed by atoms with Gasteiger partial charge < -0.3 is 19.1 Å². The number of amides is 1. The number of piperidine rings is 1. The number of Topliss-reactive ketones (excluding diaryl/α,β-unsaturated/α-hetero) is 1. The normalized spacial score (nSPS) is 18.4. The average Bonchev–Trinajstić information content (AvgIpc) is 2.65. The molecule has 0 N–H and O–H groups in total. The zero-order valence-corrected chi connectivity index (χ0v) is 15.6. The molecule has 1 aliphatic rings. The smallest absolute Gasteiger partial charge is 0.230 e. The number of benzene rings is 1. The topological polar surface area (TPSA) is 65.1 Å². The number of rotatable bonds is 6. The summed E-state index contributed by atoms with van der Waals surface area (Å²) in [5, 5.41) is 0. The summed E-state index contributed by atoms with van der Waals surface area (Å²) in [6, 6.07) is 3.26. The largest absolute Gasteiger partial charge is 0.493 e. The second kappa shape index (κ2) is 8.23. The van der Waals surface area contributed by atoms with Crippen LogP contribution in [0.4, 0.5) is 0 Å². The number of ketones is 1. The highest BCUT2D eigenvalue weighted by Crippen LogP contribution is 2.40. The summed E-state index contributed by atoms with van der Waals surface area (Å²) in [5.74, 6) is 1.11. The van der Waals surface area contributed by atoms with Crippen molar-refractivity contribution in [3.8, 4) is 17.2 Å². The van der Waals surface area contributed by atoms with Gasteiger partial charge in [0.15, 0.2) is 17.3 Å². The molecule has 1 aromatic carbocycles. The summed E-state index contributed by atoms with van der Waals surface area (Å²) in [6.07, 6.45) is 2.65. The van der Waals surface area contributed by atoms with Gasteiger partial charge in [0.25, 0.3) is 0 Å². The predicted molar refractivity (Wildman–Crippen MR) is 94.5 cm³/mol. The molecule has 1 aliphatic heterocycles. The van der Waals surface area contributed by atoms with E-state index in [4.69, 9.17) is 14.2 Å². The van der Waals surface area contributed by atoms with Crippen LogP contribution in [0.5, 0.6) is 17.2 Å². The van der Waals surface area contributed by atoms with Crippen LogP contribution < -0.4 is 14.2 Å². The highest BCUT2D eigenvalue weighted by Gasteiger charge is 2.33. The molecule has 2 rings (SSSR count). The first kappa shape index (κ1) is 19.1. The van der Waals surface area contributed by atoms with Crippen LogP contribution in [0, 0.1) is 0 Å². The summed E-state index contributed by atoms with van der Waals surface area (Å²) in [5.41, 5.74) is 0.771. The van der Waals surface area contributed by atoms with Gasteiger partial charge in [0, 0.05) is 6.54 Å². The zero-order chi connectivity index (χ0) is 18.6. The number of hydrogen-bond donors (Lipinski definition) is 0. The van der Waals surface area contributed by atoms with Crippen LogP contribution in [-0.4, -0.2) is 50.5 Å². The van der Waals surface area contributed by atoms with E-state index in [-0.39, 0.29) is 17.7 Å². The van der Waals surface area contributed by atoms with Crippen molar-refractivity contribution in [3.05, 3.63) is 17.7 Å². The monoisotopic (exact) mass is 349 g/mol. The number of methoxy groups -OCH3 is 3. The number of likely N-dealkylation sites (tertiary alicyclic amines) is 1. The summed E-state index contributed by atoms with van der Waals surface area (Å²) in [4.78, 5) is 26.7. The van der Waals surface area contributed by atoms with Gasteiger partial charge in [-0.05, 0) is 50.8 Å². The average molecular weight is 349 g/mol. The van der Waals surface area contributed by atoms with E-state index >= 15 is 0 Å². The van der Waals surface area contributed by atoms with Gasteiger partial charge in [-0.1, -0.05) is 0 Å². The molecule has 6 heteroatoms. The summed E-state index contributed by atoms with van der Waals surface area (Å²) < 4.78 is 16.1. The highest BCUT2D eigenvalue weighted by molar-refractivity contribution is 5.90. The highest BCUT2D eigenvalue weighted by atomic mass is 16.5. The minimum absolute atomic E-state index is 0.0464. The van der Waals surface area contributed by atoms with Gasteiger partial charge >= 0.3 is 0 Å². The first-order valence-corrected chi connectivity index (χ1v) is 8.55. The van der Waals surface area contributed by atoms with Crippen LogP contribution in [0.3, 0.4) is 0 Å². The molecule has 1 saturated heterocycles. The van der Waals surface area contributed by atoms with E-state index in [1.54, 1.807) is 45.3 Å². The molecule has 138 valence electrons. The van der Waals surface area contributed by atoms with Gasteiger partial charge in [-0.25, -0.2) is 0 Å². The molecule has 0 aliphatic carbocycles. The second-order valence-electron chi connectivity index (χ2n) is 6.33. The van der Waals surface area contributed by atoms with Gasteiger partial charge in [-0.2, -0.15) is 0 Å². The minimum Gasteiger partial charge on any atom is -0.493 e. The van der Waals surface area contributed by atoms with Gasteiger partial charge in [0.2, 0.25) is 11.7 Å². The van der Waals surface area contributed by atoms with E-state index < -0.39 is 5.92 Å². The number of carbonyl (C=O) groups excluding carboxylic acids is 2. The molecule has 0 spiro atoms. The molecule has 0 bridgehead atoms. The third kappa shape index (κ3) is 3.89. The van der Waals surface area contributed by atoms with E-state index in [0.717, 1.165) is 24.8 Å². The third-order valence-corrected chi connectivity index (χ3v) is 4.81. The van der Waals surface area contributed by atoms with Gasteiger partial charge in [0.05, 0.1) is 33.3 Å². The molecule has 6 nitrogen and oxygen atoms in total. The van der Waals surface area contributed by atoms with Gasteiger partial charge in [-0.3, -0.25) is 9.59 Å². The Morgan fingerprint density at radius 1 is 1.08 bits per heavy atom. The maximum atomic E-state index is 13.0. The fraction of sp³-hybridized carbons (Fsp3) is 0.579. The Morgan fingerprint density at radius 2 is 1.68 bits per heavy atom. The maximum Gasteiger partial charge on any atom is 0.230 e. The van der Waals surface area contributed by atoms with Crippen molar-refractivity contribution in [3.63, 3.8) is 0 Å². The molecule has 0 unspecified atom stereocenters. The Morgan fingerprint density at radius 3 is 2.16 bits per heavy atom. The van der Waals surface area contributed by atoms with Crippen molar-refractivity contribution in [2.45, 2.75) is 45.1 Å². The maximum absolute atomic E-state index is 13.0. The lowest BCUT2D eigenvalue weighted by Crippen LogP contribution is -2.48. The molecular weight excluding hydrogens is 322 g/mol. The van der Waals surface area contributed by atoms with Crippen molar-refractivity contribution in [2.24, 2.45) is 0 Å². The van der Waals surface area contributed by atoms with E-state index in [0.29, 0.717) is 23.8 Å². The predicted octanol–water partition coefficient (Wildman–Crippen LogP) is 2.79. The first-order chi connectivity index (χ1) is 11.9. The molecule has 0 aromatic heterocycles. The van der Waals surface area contributed by atoms with Crippen molar-refractivity contribution in [1.29, 1.82) is 0 Å².